The van der Waals surface area contributed by atoms with Crippen LogP contribution in [-0.4, -0.2) is 45.1 Å². The van der Waals surface area contributed by atoms with Crippen molar-refractivity contribution in [3.63, 3.8) is 0 Å². The van der Waals surface area contributed by atoms with Gasteiger partial charge in [0.25, 0.3) is 0 Å². The molecule has 2 aromatic heterocycles. The van der Waals surface area contributed by atoms with Gasteiger partial charge in [0.15, 0.2) is 5.58 Å². The molecule has 0 amide bonds. The van der Waals surface area contributed by atoms with E-state index in [1.165, 1.54) is 24.4 Å². The van der Waals surface area contributed by atoms with Gasteiger partial charge in [0.1, 0.15) is 17.2 Å². The van der Waals surface area contributed by atoms with Crippen LogP contribution < -0.4 is 0 Å². The van der Waals surface area contributed by atoms with Crippen LogP contribution in [0.2, 0.25) is 0 Å². The number of likely N-dealkylation sites (tertiary alicyclic amines) is 2. The molecule has 2 atom stereocenters. The molecule has 5 nitrogen and oxygen atoms in total. The number of benzene rings is 1. The van der Waals surface area contributed by atoms with E-state index < -0.39 is 11.9 Å². The van der Waals surface area contributed by atoms with Crippen LogP contribution in [0.25, 0.3) is 11.0 Å². The number of pyridine rings is 1. The summed E-state index contributed by atoms with van der Waals surface area (Å²) in [6, 6.07) is 7.57. The van der Waals surface area contributed by atoms with Crippen LogP contribution in [0.5, 0.6) is 0 Å². The molecule has 0 radical (unpaired) electrons. The molecule has 2 aliphatic heterocycles. The van der Waals surface area contributed by atoms with Crippen molar-refractivity contribution in [1.82, 2.24) is 19.9 Å². The Labute approximate surface area is 163 Å². The van der Waals surface area contributed by atoms with Gasteiger partial charge >= 0.3 is 6.18 Å². The predicted octanol–water partition coefficient (Wildman–Crippen LogP) is 3.84. The molecule has 0 N–H and O–H groups in total. The van der Waals surface area contributed by atoms with Crippen molar-refractivity contribution < 1.29 is 22.1 Å². The Morgan fingerprint density at radius 3 is 2.45 bits per heavy atom. The van der Waals surface area contributed by atoms with Crippen molar-refractivity contribution in [2.45, 2.75) is 37.8 Å². The molecule has 1 aromatic carbocycles. The van der Waals surface area contributed by atoms with E-state index in [4.69, 9.17) is 4.52 Å². The number of fused-ring (bicyclic) bond motifs is 3. The van der Waals surface area contributed by atoms with Crippen molar-refractivity contribution in [2.75, 3.05) is 13.1 Å². The van der Waals surface area contributed by atoms with E-state index in [1.807, 2.05) is 0 Å². The zero-order chi connectivity index (χ0) is 20.2. The maximum atomic E-state index is 13.5. The highest BCUT2D eigenvalue weighted by Crippen LogP contribution is 2.34. The van der Waals surface area contributed by atoms with Crippen LogP contribution in [0, 0.1) is 5.82 Å². The first-order valence-corrected chi connectivity index (χ1v) is 9.41. The molecule has 29 heavy (non-hydrogen) atoms. The largest absolute Gasteiger partial charge is 0.433 e. The van der Waals surface area contributed by atoms with Gasteiger partial charge in [0.05, 0.1) is 0 Å². The summed E-state index contributed by atoms with van der Waals surface area (Å²) < 4.78 is 56.8. The van der Waals surface area contributed by atoms with E-state index in [-0.39, 0.29) is 5.82 Å². The lowest BCUT2D eigenvalue weighted by atomic mass is 10.2. The lowest BCUT2D eigenvalue weighted by Gasteiger charge is -2.33. The average Bonchev–Trinajstić information content (AvgIpc) is 3.36. The van der Waals surface area contributed by atoms with Gasteiger partial charge < -0.3 is 4.52 Å². The molecule has 0 aliphatic carbocycles. The van der Waals surface area contributed by atoms with Crippen LogP contribution in [0.3, 0.4) is 0 Å². The molecular formula is C20H18F4N4O. The van der Waals surface area contributed by atoms with Crippen molar-refractivity contribution in [3.8, 4) is 0 Å². The molecule has 0 spiro atoms. The molecular weight excluding hydrogens is 388 g/mol. The topological polar surface area (TPSA) is 45.4 Å². The number of alkyl halides is 3. The quantitative estimate of drug-likeness (QED) is 0.616. The minimum absolute atomic E-state index is 0.318. The SMILES string of the molecule is Fc1ccc2onc(CN3CC4CC3CN4Cc3ccc(C(F)(F)F)nc3)c2c1. The number of rotatable bonds is 4. The summed E-state index contributed by atoms with van der Waals surface area (Å²) in [5, 5.41) is 4.80. The minimum atomic E-state index is -4.42. The zero-order valence-electron chi connectivity index (χ0n) is 15.4. The summed E-state index contributed by atoms with van der Waals surface area (Å²) in [5.74, 6) is -0.318. The lowest BCUT2D eigenvalue weighted by Crippen LogP contribution is -2.45. The van der Waals surface area contributed by atoms with Crippen molar-refractivity contribution in [2.24, 2.45) is 0 Å². The standard InChI is InChI=1S/C20H18F4N4O/c21-13-2-3-18-16(5-13)17(26-29-18)11-28-10-14-6-15(28)9-27(14)8-12-1-4-19(25-7-12)20(22,23)24/h1-5,7,14-15H,6,8-11H2. The van der Waals surface area contributed by atoms with E-state index in [2.05, 4.69) is 19.9 Å². The first kappa shape index (κ1) is 18.5. The third-order valence-electron chi connectivity index (χ3n) is 5.83. The third kappa shape index (κ3) is 3.49. The Morgan fingerprint density at radius 2 is 1.79 bits per heavy atom. The highest BCUT2D eigenvalue weighted by Gasteiger charge is 2.43. The van der Waals surface area contributed by atoms with Gasteiger partial charge in [0, 0.05) is 49.8 Å². The van der Waals surface area contributed by atoms with E-state index >= 15 is 0 Å². The van der Waals surface area contributed by atoms with Gasteiger partial charge in [0.2, 0.25) is 0 Å². The van der Waals surface area contributed by atoms with Crippen LogP contribution in [0.15, 0.2) is 41.1 Å². The molecule has 5 rings (SSSR count). The van der Waals surface area contributed by atoms with Crippen molar-refractivity contribution in [3.05, 3.63) is 59.3 Å². The van der Waals surface area contributed by atoms with Crippen LogP contribution >= 0.6 is 0 Å². The van der Waals surface area contributed by atoms with Gasteiger partial charge in [-0.1, -0.05) is 11.2 Å². The third-order valence-corrected chi connectivity index (χ3v) is 5.83. The van der Waals surface area contributed by atoms with E-state index in [1.54, 1.807) is 6.07 Å². The first-order chi connectivity index (χ1) is 13.9. The van der Waals surface area contributed by atoms with Crippen LogP contribution in [-0.2, 0) is 19.3 Å². The highest BCUT2D eigenvalue weighted by molar-refractivity contribution is 5.79. The van der Waals surface area contributed by atoms with Crippen molar-refractivity contribution >= 4 is 11.0 Å². The molecule has 3 aromatic rings. The number of piperazine rings is 1. The first-order valence-electron chi connectivity index (χ1n) is 9.41. The monoisotopic (exact) mass is 406 g/mol. The Morgan fingerprint density at radius 1 is 1.03 bits per heavy atom. The normalized spacial score (nSPS) is 22.8. The molecule has 9 heteroatoms. The zero-order valence-corrected chi connectivity index (χ0v) is 15.4. The van der Waals surface area contributed by atoms with Gasteiger partial charge in [-0.05, 0) is 36.2 Å². The minimum Gasteiger partial charge on any atom is -0.356 e. The van der Waals surface area contributed by atoms with Crippen LogP contribution in [0.1, 0.15) is 23.4 Å². The molecule has 2 aliphatic rings. The maximum Gasteiger partial charge on any atom is 0.433 e. The summed E-state index contributed by atoms with van der Waals surface area (Å²) in [6.07, 6.45) is -2.11. The van der Waals surface area contributed by atoms with Crippen molar-refractivity contribution in [1.29, 1.82) is 0 Å². The number of aromatic nitrogens is 2. The van der Waals surface area contributed by atoms with Gasteiger partial charge in [-0.25, -0.2) is 4.39 Å². The fourth-order valence-electron chi connectivity index (χ4n) is 4.41. The second kappa shape index (κ2) is 6.77. The van der Waals surface area contributed by atoms with Crippen LogP contribution in [0.4, 0.5) is 17.6 Å². The Bertz CT molecular complexity index is 1030. The number of hydrogen-bond acceptors (Lipinski definition) is 5. The summed E-state index contributed by atoms with van der Waals surface area (Å²) in [4.78, 5) is 8.14. The van der Waals surface area contributed by atoms with E-state index in [9.17, 15) is 17.6 Å². The van der Waals surface area contributed by atoms with Gasteiger partial charge in [-0.15, -0.1) is 0 Å². The van der Waals surface area contributed by atoms with E-state index in [0.717, 1.165) is 36.8 Å². The van der Waals surface area contributed by atoms with Gasteiger partial charge in [-0.2, -0.15) is 13.2 Å². The molecule has 2 saturated heterocycles. The number of halogens is 4. The summed E-state index contributed by atoms with van der Waals surface area (Å²) in [5.41, 5.74) is 1.20. The Hall–Kier alpha value is -2.52. The van der Waals surface area contributed by atoms with Gasteiger partial charge in [-0.3, -0.25) is 14.8 Å². The Balaban J connectivity index is 1.23. The molecule has 2 unspecified atom stereocenters. The summed E-state index contributed by atoms with van der Waals surface area (Å²) >= 11 is 0. The summed E-state index contributed by atoms with van der Waals surface area (Å²) in [6.45, 7) is 2.84. The maximum absolute atomic E-state index is 13.5. The molecule has 4 heterocycles. The fourth-order valence-corrected chi connectivity index (χ4v) is 4.41. The number of hydrogen-bond donors (Lipinski definition) is 0. The second-order valence-corrected chi connectivity index (χ2v) is 7.72. The lowest BCUT2D eigenvalue weighted by molar-refractivity contribution is -0.141. The second-order valence-electron chi connectivity index (χ2n) is 7.72. The molecule has 2 fully saturated rings. The van der Waals surface area contributed by atoms with E-state index in [0.29, 0.717) is 36.1 Å². The molecule has 2 bridgehead atoms. The summed E-state index contributed by atoms with van der Waals surface area (Å²) in [7, 11) is 0. The molecule has 0 saturated carbocycles. The molecule has 152 valence electrons. The highest BCUT2D eigenvalue weighted by atomic mass is 19.4. The number of nitrogens with zero attached hydrogens (tertiary/aromatic N) is 4. The fraction of sp³-hybridized carbons (Fsp3) is 0.400. The Kier molecular flexibility index (Phi) is 4.32. The average molecular weight is 406 g/mol. The predicted molar refractivity (Wildman–Crippen MR) is 96.2 cm³/mol. The smallest absolute Gasteiger partial charge is 0.356 e.